The van der Waals surface area contributed by atoms with Crippen LogP contribution >= 0.6 is 0 Å². The summed E-state index contributed by atoms with van der Waals surface area (Å²) >= 11 is 0. The molecule has 14 atom stereocenters. The number of hydrogen-bond acceptors (Lipinski definition) is 15. The standard InChI is InChI=1S/C19H34O15/c1-29-18-16(28)17(34-19-15(27)14(26)12(24)8(4-21)32-19)13(25)9(33-18)5-30-10-2-6(22)11(23)7(3-20)31-10/h6-28H,2-5H2,1H3/t6-,7-,8-,9-,10+,11+,12-,13-,14+,15+,16+,17+,18+,19-/m1/s1. The van der Waals surface area contributed by atoms with E-state index in [1.165, 1.54) is 7.11 Å². The Labute approximate surface area is 194 Å². The van der Waals surface area contributed by atoms with Crippen LogP contribution in [0, 0.1) is 0 Å². The number of aliphatic hydroxyl groups excluding tert-OH is 9. The Kier molecular flexibility index (Phi) is 9.95. The first-order valence-electron chi connectivity index (χ1n) is 10.9. The van der Waals surface area contributed by atoms with Gasteiger partial charge in [-0.15, -0.1) is 0 Å². The summed E-state index contributed by atoms with van der Waals surface area (Å²) in [5.41, 5.74) is 0. The highest BCUT2D eigenvalue weighted by Crippen LogP contribution is 2.30. The van der Waals surface area contributed by atoms with Gasteiger partial charge in [-0.1, -0.05) is 0 Å². The van der Waals surface area contributed by atoms with Crippen LogP contribution < -0.4 is 0 Å². The number of hydrogen-bond donors (Lipinski definition) is 9. The summed E-state index contributed by atoms with van der Waals surface area (Å²) in [6.45, 7) is -1.61. The van der Waals surface area contributed by atoms with Gasteiger partial charge in [0.2, 0.25) is 0 Å². The van der Waals surface area contributed by atoms with E-state index in [4.69, 9.17) is 28.4 Å². The van der Waals surface area contributed by atoms with E-state index in [1.807, 2.05) is 0 Å². The van der Waals surface area contributed by atoms with Gasteiger partial charge in [0.25, 0.3) is 0 Å². The van der Waals surface area contributed by atoms with Crippen molar-refractivity contribution in [3.8, 4) is 0 Å². The molecule has 0 amide bonds. The molecule has 3 aliphatic heterocycles. The summed E-state index contributed by atoms with van der Waals surface area (Å²) in [4.78, 5) is 0. The molecule has 0 aliphatic carbocycles. The van der Waals surface area contributed by atoms with E-state index in [2.05, 4.69) is 0 Å². The molecule has 3 rings (SSSR count). The summed E-state index contributed by atoms with van der Waals surface area (Å²) in [6.07, 6.45) is -19.9. The lowest BCUT2D eigenvalue weighted by Gasteiger charge is -2.46. The predicted octanol–water partition coefficient (Wildman–Crippen LogP) is -5.89. The Hall–Kier alpha value is -0.600. The van der Waals surface area contributed by atoms with Crippen LogP contribution in [0.1, 0.15) is 6.42 Å². The highest BCUT2D eigenvalue weighted by Gasteiger charge is 2.51. The van der Waals surface area contributed by atoms with E-state index in [9.17, 15) is 46.0 Å². The van der Waals surface area contributed by atoms with Crippen molar-refractivity contribution in [2.24, 2.45) is 0 Å². The first-order valence-corrected chi connectivity index (χ1v) is 10.9. The molecule has 3 saturated heterocycles. The molecule has 3 heterocycles. The minimum Gasteiger partial charge on any atom is -0.394 e. The fraction of sp³-hybridized carbons (Fsp3) is 1.00. The van der Waals surface area contributed by atoms with Crippen molar-refractivity contribution in [3.63, 3.8) is 0 Å². The molecule has 34 heavy (non-hydrogen) atoms. The van der Waals surface area contributed by atoms with Crippen molar-refractivity contribution in [2.45, 2.75) is 92.4 Å². The maximum atomic E-state index is 10.8. The second-order valence-corrected chi connectivity index (χ2v) is 8.47. The first-order chi connectivity index (χ1) is 16.1. The van der Waals surface area contributed by atoms with Crippen LogP contribution in [0.4, 0.5) is 0 Å². The summed E-state index contributed by atoms with van der Waals surface area (Å²) in [5, 5.41) is 89.7. The zero-order valence-electron chi connectivity index (χ0n) is 18.4. The lowest BCUT2D eigenvalue weighted by Crippen LogP contribution is -2.65. The maximum absolute atomic E-state index is 10.8. The Bertz CT molecular complexity index is 625. The number of methoxy groups -OCH3 is 1. The van der Waals surface area contributed by atoms with Gasteiger partial charge in [-0.05, 0) is 0 Å². The lowest BCUT2D eigenvalue weighted by atomic mass is 9.97. The third-order valence-corrected chi connectivity index (χ3v) is 6.18. The molecule has 0 aromatic heterocycles. The molecule has 0 radical (unpaired) electrons. The minimum atomic E-state index is -1.77. The number of aliphatic hydroxyl groups is 9. The fourth-order valence-corrected chi connectivity index (χ4v) is 4.11. The van der Waals surface area contributed by atoms with Gasteiger partial charge in [0.15, 0.2) is 18.9 Å². The SMILES string of the molecule is CO[C@H]1O[C@H](CO[C@@H]2C[C@@H](O)[C@H](O)[C@@H](CO)O2)[C@@H](O)[C@H](O[C@H]2O[C@H](CO)[C@@H](O)[C@H](O)[C@@H]2O)[C@@H]1O. The fourth-order valence-electron chi connectivity index (χ4n) is 4.11. The zero-order valence-corrected chi connectivity index (χ0v) is 18.4. The third-order valence-electron chi connectivity index (χ3n) is 6.18. The van der Waals surface area contributed by atoms with Crippen LogP contribution in [0.5, 0.6) is 0 Å². The van der Waals surface area contributed by atoms with Crippen molar-refractivity contribution in [1.29, 1.82) is 0 Å². The zero-order chi connectivity index (χ0) is 25.2. The van der Waals surface area contributed by atoms with Gasteiger partial charge >= 0.3 is 0 Å². The minimum absolute atomic E-state index is 0.123. The average molecular weight is 502 g/mol. The molecule has 0 bridgehead atoms. The lowest BCUT2D eigenvalue weighted by molar-refractivity contribution is -0.361. The van der Waals surface area contributed by atoms with Gasteiger partial charge in [-0.2, -0.15) is 0 Å². The van der Waals surface area contributed by atoms with Gasteiger partial charge in [-0.25, -0.2) is 0 Å². The van der Waals surface area contributed by atoms with Crippen molar-refractivity contribution < 1.29 is 74.4 Å². The van der Waals surface area contributed by atoms with Crippen molar-refractivity contribution in [1.82, 2.24) is 0 Å². The first kappa shape index (κ1) is 28.0. The molecule has 15 heteroatoms. The van der Waals surface area contributed by atoms with E-state index in [-0.39, 0.29) is 13.0 Å². The van der Waals surface area contributed by atoms with E-state index >= 15 is 0 Å². The molecule has 0 spiro atoms. The van der Waals surface area contributed by atoms with Crippen molar-refractivity contribution in [3.05, 3.63) is 0 Å². The largest absolute Gasteiger partial charge is 0.394 e. The van der Waals surface area contributed by atoms with Crippen LogP contribution in [0.3, 0.4) is 0 Å². The average Bonchev–Trinajstić information content (AvgIpc) is 2.83. The van der Waals surface area contributed by atoms with E-state index in [1.54, 1.807) is 0 Å². The second kappa shape index (κ2) is 12.1. The van der Waals surface area contributed by atoms with Gasteiger partial charge in [0, 0.05) is 13.5 Å². The molecule has 0 saturated carbocycles. The highest BCUT2D eigenvalue weighted by atomic mass is 16.7. The quantitative estimate of drug-likeness (QED) is 0.150. The molecule has 3 fully saturated rings. The van der Waals surface area contributed by atoms with Crippen LogP contribution in [0.15, 0.2) is 0 Å². The van der Waals surface area contributed by atoms with Crippen LogP contribution in [0.2, 0.25) is 0 Å². The van der Waals surface area contributed by atoms with Gasteiger partial charge in [0.1, 0.15) is 61.0 Å². The summed E-state index contributed by atoms with van der Waals surface area (Å²) in [5.74, 6) is 0. The van der Waals surface area contributed by atoms with Gasteiger partial charge in [0.05, 0.1) is 25.9 Å². The molecule has 15 nitrogen and oxygen atoms in total. The Balaban J connectivity index is 1.66. The molecular weight excluding hydrogens is 468 g/mol. The van der Waals surface area contributed by atoms with Crippen molar-refractivity contribution in [2.75, 3.05) is 26.9 Å². The van der Waals surface area contributed by atoms with Crippen LogP contribution in [0.25, 0.3) is 0 Å². The summed E-state index contributed by atoms with van der Waals surface area (Å²) < 4.78 is 32.3. The smallest absolute Gasteiger partial charge is 0.187 e. The highest BCUT2D eigenvalue weighted by molar-refractivity contribution is 4.94. The Morgan fingerprint density at radius 2 is 1.29 bits per heavy atom. The van der Waals surface area contributed by atoms with Crippen molar-refractivity contribution >= 4 is 0 Å². The monoisotopic (exact) mass is 502 g/mol. The molecule has 9 N–H and O–H groups in total. The molecule has 200 valence electrons. The second-order valence-electron chi connectivity index (χ2n) is 8.47. The Morgan fingerprint density at radius 3 is 1.91 bits per heavy atom. The Morgan fingerprint density at radius 1 is 0.676 bits per heavy atom. The van der Waals surface area contributed by atoms with Crippen LogP contribution in [-0.2, 0) is 28.4 Å². The third kappa shape index (κ3) is 5.86. The molecule has 0 aromatic carbocycles. The summed E-state index contributed by atoms with van der Waals surface area (Å²) in [6, 6.07) is 0. The molecular formula is C19H34O15. The maximum Gasteiger partial charge on any atom is 0.187 e. The van der Waals surface area contributed by atoms with E-state index in [0.29, 0.717) is 0 Å². The van der Waals surface area contributed by atoms with Gasteiger partial charge < -0.3 is 74.4 Å². The summed E-state index contributed by atoms with van der Waals surface area (Å²) in [7, 11) is 1.22. The van der Waals surface area contributed by atoms with Gasteiger partial charge in [-0.3, -0.25) is 0 Å². The molecule has 0 unspecified atom stereocenters. The number of ether oxygens (including phenoxy) is 6. The molecule has 3 aliphatic rings. The normalized spacial score (nSPS) is 50.3. The van der Waals surface area contributed by atoms with Crippen LogP contribution in [-0.4, -0.2) is 159 Å². The number of rotatable bonds is 8. The topological polar surface area (TPSA) is 237 Å². The predicted molar refractivity (Wildman–Crippen MR) is 105 cm³/mol. The van der Waals surface area contributed by atoms with E-state index in [0.717, 1.165) is 0 Å². The molecule has 0 aromatic rings. The van der Waals surface area contributed by atoms with E-state index < -0.39 is 99.2 Å².